The average Bonchev–Trinajstić information content (AvgIpc) is 3.67. The molecule has 0 aliphatic carbocycles. The van der Waals surface area contributed by atoms with E-state index in [0.29, 0.717) is 36.1 Å². The van der Waals surface area contributed by atoms with Gasteiger partial charge >= 0.3 is 0 Å². The molecule has 6 rings (SSSR count). The third-order valence-electron chi connectivity index (χ3n) is 7.85. The lowest BCUT2D eigenvalue weighted by Gasteiger charge is -2.39. The van der Waals surface area contributed by atoms with Gasteiger partial charge in [0.2, 0.25) is 5.88 Å². The van der Waals surface area contributed by atoms with E-state index in [2.05, 4.69) is 33.8 Å². The first kappa shape index (κ1) is 25.6. The maximum atomic E-state index is 12.4. The van der Waals surface area contributed by atoms with E-state index in [1.54, 1.807) is 19.6 Å². The Morgan fingerprint density at radius 1 is 1.10 bits per heavy atom. The van der Waals surface area contributed by atoms with Crippen molar-refractivity contribution < 1.29 is 14.6 Å². The predicted octanol–water partition coefficient (Wildman–Crippen LogP) is 5.67. The normalized spacial score (nSPS) is 15.9. The van der Waals surface area contributed by atoms with Crippen molar-refractivity contribution in [1.82, 2.24) is 19.1 Å². The van der Waals surface area contributed by atoms with Gasteiger partial charge in [-0.05, 0) is 60.4 Å². The summed E-state index contributed by atoms with van der Waals surface area (Å²) in [6.45, 7) is 1.23. The second kappa shape index (κ2) is 10.5. The van der Waals surface area contributed by atoms with Gasteiger partial charge in [-0.15, -0.1) is 0 Å². The number of imidazole rings is 1. The van der Waals surface area contributed by atoms with E-state index in [-0.39, 0.29) is 5.92 Å². The zero-order valence-corrected chi connectivity index (χ0v) is 22.8. The lowest BCUT2D eigenvalue weighted by Crippen LogP contribution is -2.41. The van der Waals surface area contributed by atoms with Crippen molar-refractivity contribution in [1.29, 1.82) is 0 Å². The van der Waals surface area contributed by atoms with Gasteiger partial charge in [0.05, 0.1) is 35.9 Å². The first-order chi connectivity index (χ1) is 19.0. The van der Waals surface area contributed by atoms with Crippen LogP contribution in [0.15, 0.2) is 79.5 Å². The highest BCUT2D eigenvalue weighted by atomic mass is 35.5. The Labute approximate surface area is 232 Å². The number of fused-ring (bicyclic) bond motifs is 1. The average molecular weight is 543 g/mol. The molecule has 1 unspecified atom stereocenters. The summed E-state index contributed by atoms with van der Waals surface area (Å²) in [4.78, 5) is 9.10. The predicted molar refractivity (Wildman–Crippen MR) is 152 cm³/mol. The minimum Gasteiger partial charge on any atom is -0.481 e. The summed E-state index contributed by atoms with van der Waals surface area (Å²) in [7, 11) is 3.52. The highest BCUT2D eigenvalue weighted by Crippen LogP contribution is 2.43. The monoisotopic (exact) mass is 542 g/mol. The number of hydrogen-bond donors (Lipinski definition) is 1. The smallest absolute Gasteiger partial charge is 0.218 e. The Hall–Kier alpha value is -3.65. The highest BCUT2D eigenvalue weighted by molar-refractivity contribution is 6.36. The number of pyridine rings is 1. The molecule has 39 heavy (non-hydrogen) atoms. The number of benzene rings is 2. The summed E-state index contributed by atoms with van der Waals surface area (Å²) in [5.74, 6) is 0.475. The number of aliphatic hydroxyl groups is 1. The Morgan fingerprint density at radius 2 is 1.85 bits per heavy atom. The van der Waals surface area contributed by atoms with Gasteiger partial charge in [-0.1, -0.05) is 29.8 Å². The van der Waals surface area contributed by atoms with Crippen LogP contribution in [0.4, 0.5) is 0 Å². The molecule has 1 atom stereocenters. The molecule has 200 valence electrons. The number of nitrogens with zero attached hydrogens (tertiary/aromatic N) is 4. The van der Waals surface area contributed by atoms with Gasteiger partial charge in [0.25, 0.3) is 0 Å². The molecule has 1 N–H and O–H groups in total. The molecule has 0 radical (unpaired) electrons. The van der Waals surface area contributed by atoms with E-state index >= 15 is 0 Å². The van der Waals surface area contributed by atoms with E-state index in [4.69, 9.17) is 26.1 Å². The Kier molecular flexibility index (Phi) is 6.89. The second-order valence-electron chi connectivity index (χ2n) is 10.1. The molecule has 1 aliphatic heterocycles. The minimum atomic E-state index is -1.25. The van der Waals surface area contributed by atoms with Crippen molar-refractivity contribution in [2.45, 2.75) is 24.9 Å². The van der Waals surface area contributed by atoms with E-state index in [9.17, 15) is 5.11 Å². The van der Waals surface area contributed by atoms with E-state index in [1.807, 2.05) is 54.3 Å². The first-order valence-corrected chi connectivity index (χ1v) is 13.5. The molecule has 1 saturated heterocycles. The molecule has 0 bridgehead atoms. The van der Waals surface area contributed by atoms with Crippen LogP contribution in [0.3, 0.4) is 0 Å². The molecule has 0 saturated carbocycles. The third kappa shape index (κ3) is 4.61. The Bertz CT molecular complexity index is 1590. The molecule has 0 spiro atoms. The standard InChI is InChI=1S/C31H31ClN4O3/c1-35-20-33-19-28(35)31(37,22-11-15-39-16-12-22)23-7-10-27-25(18-23)29(32)26(30(34-27)38-2)17-21-5-8-24(9-6-21)36-13-3-4-14-36/h3-10,13-14,18-20,22,37H,11-12,15-17H2,1-2H3. The maximum absolute atomic E-state index is 12.4. The number of ether oxygens (including phenoxy) is 2. The first-order valence-electron chi connectivity index (χ1n) is 13.1. The number of aromatic nitrogens is 4. The highest BCUT2D eigenvalue weighted by Gasteiger charge is 2.43. The zero-order chi connectivity index (χ0) is 27.0. The van der Waals surface area contributed by atoms with E-state index in [1.165, 1.54) is 0 Å². The van der Waals surface area contributed by atoms with Crippen molar-refractivity contribution >= 4 is 22.5 Å². The molecule has 0 amide bonds. The van der Waals surface area contributed by atoms with E-state index < -0.39 is 5.60 Å². The minimum absolute atomic E-state index is 0.0256. The fourth-order valence-corrected chi connectivity index (χ4v) is 6.03. The van der Waals surface area contributed by atoms with Gasteiger partial charge < -0.3 is 23.7 Å². The molecule has 3 aromatic heterocycles. The number of aryl methyl sites for hydroxylation is 1. The molecule has 2 aromatic carbocycles. The van der Waals surface area contributed by atoms with Crippen LogP contribution in [0, 0.1) is 5.92 Å². The lowest BCUT2D eigenvalue weighted by molar-refractivity contribution is -0.0470. The van der Waals surface area contributed by atoms with Gasteiger partial charge in [0, 0.05) is 61.6 Å². The second-order valence-corrected chi connectivity index (χ2v) is 10.5. The number of halogens is 1. The van der Waals surface area contributed by atoms with Crippen LogP contribution in [0.1, 0.15) is 35.2 Å². The van der Waals surface area contributed by atoms with Gasteiger partial charge in [-0.2, -0.15) is 0 Å². The Balaban J connectivity index is 1.43. The van der Waals surface area contributed by atoms with Gasteiger partial charge in [-0.25, -0.2) is 9.97 Å². The quantitative estimate of drug-likeness (QED) is 0.287. The molecule has 1 fully saturated rings. The SMILES string of the molecule is COc1nc2ccc(C(O)(c3cncn3C)C3CCOCC3)cc2c(Cl)c1Cc1ccc(-n2cccc2)cc1. The van der Waals surface area contributed by atoms with Crippen molar-refractivity contribution in [3.05, 3.63) is 107 Å². The number of methoxy groups -OCH3 is 1. The molecular weight excluding hydrogens is 512 g/mol. The summed E-state index contributed by atoms with van der Waals surface area (Å²) in [5, 5.41) is 13.8. The molecule has 1 aliphatic rings. The van der Waals surface area contributed by atoms with Crippen LogP contribution in [-0.4, -0.2) is 44.5 Å². The van der Waals surface area contributed by atoms with Crippen molar-refractivity contribution in [3.63, 3.8) is 0 Å². The molecule has 8 heteroatoms. The van der Waals surface area contributed by atoms with Gasteiger partial charge in [0.1, 0.15) is 5.60 Å². The largest absolute Gasteiger partial charge is 0.481 e. The van der Waals surface area contributed by atoms with Gasteiger partial charge in [-0.3, -0.25) is 0 Å². The fourth-order valence-electron chi connectivity index (χ4n) is 5.73. The summed E-state index contributed by atoms with van der Waals surface area (Å²) < 4.78 is 15.2. The molecule has 5 aromatic rings. The van der Waals surface area contributed by atoms with Crippen LogP contribution in [0.5, 0.6) is 5.88 Å². The number of hydrogen-bond acceptors (Lipinski definition) is 5. The molecule has 4 heterocycles. The summed E-state index contributed by atoms with van der Waals surface area (Å²) in [6, 6.07) is 18.2. The maximum Gasteiger partial charge on any atom is 0.218 e. The van der Waals surface area contributed by atoms with Crippen molar-refractivity contribution in [2.75, 3.05) is 20.3 Å². The van der Waals surface area contributed by atoms with Crippen LogP contribution in [0.2, 0.25) is 5.02 Å². The zero-order valence-electron chi connectivity index (χ0n) is 22.0. The number of rotatable bonds is 7. The Morgan fingerprint density at radius 3 is 2.51 bits per heavy atom. The van der Waals surface area contributed by atoms with Crippen LogP contribution in [-0.2, 0) is 23.8 Å². The summed E-state index contributed by atoms with van der Waals surface area (Å²) in [5.41, 5.74) is 3.97. The van der Waals surface area contributed by atoms with Crippen LogP contribution < -0.4 is 4.74 Å². The molecular formula is C31H31ClN4O3. The fraction of sp³-hybridized carbons (Fsp3) is 0.290. The summed E-state index contributed by atoms with van der Waals surface area (Å²) in [6.07, 6.45) is 9.57. The van der Waals surface area contributed by atoms with Crippen molar-refractivity contribution in [2.24, 2.45) is 13.0 Å². The van der Waals surface area contributed by atoms with Crippen molar-refractivity contribution in [3.8, 4) is 11.6 Å². The van der Waals surface area contributed by atoms with Gasteiger partial charge in [0.15, 0.2) is 0 Å². The third-order valence-corrected chi connectivity index (χ3v) is 8.28. The summed E-state index contributed by atoms with van der Waals surface area (Å²) >= 11 is 7.11. The van der Waals surface area contributed by atoms with Crippen LogP contribution in [0.25, 0.3) is 16.6 Å². The van der Waals surface area contributed by atoms with E-state index in [0.717, 1.165) is 46.3 Å². The van der Waals surface area contributed by atoms with Crippen LogP contribution >= 0.6 is 11.6 Å². The lowest BCUT2D eigenvalue weighted by atomic mass is 9.74. The topological polar surface area (TPSA) is 74.3 Å². The molecule has 7 nitrogen and oxygen atoms in total.